The number of anilines is 3. The number of hydrogen-bond acceptors (Lipinski definition) is 2. The van der Waals surface area contributed by atoms with Gasteiger partial charge >= 0.3 is 0 Å². The van der Waals surface area contributed by atoms with Crippen LogP contribution in [-0.2, 0) is 6.42 Å². The second-order valence-electron chi connectivity index (χ2n) is 3.92. The van der Waals surface area contributed by atoms with Gasteiger partial charge in [0, 0.05) is 23.3 Å². The van der Waals surface area contributed by atoms with Crippen molar-refractivity contribution in [2.45, 2.75) is 20.3 Å². The third-order valence-electron chi connectivity index (χ3n) is 2.74. The predicted molar refractivity (Wildman–Crippen MR) is 69.0 cm³/mol. The van der Waals surface area contributed by atoms with E-state index in [0.717, 1.165) is 29.0 Å². The van der Waals surface area contributed by atoms with Crippen molar-refractivity contribution in [3.63, 3.8) is 0 Å². The van der Waals surface area contributed by atoms with E-state index in [2.05, 4.69) is 17.2 Å². The summed E-state index contributed by atoms with van der Waals surface area (Å²) in [4.78, 5) is 3.21. The number of nitrogens with two attached hydrogens (primary N) is 1. The lowest BCUT2D eigenvalue weighted by Gasteiger charge is -2.08. The van der Waals surface area contributed by atoms with Crippen molar-refractivity contribution >= 4 is 17.1 Å². The van der Waals surface area contributed by atoms with Gasteiger partial charge in [-0.15, -0.1) is 0 Å². The molecular weight excluding hydrogens is 198 g/mol. The Morgan fingerprint density at radius 3 is 2.81 bits per heavy atom. The molecule has 0 saturated heterocycles. The highest BCUT2D eigenvalue weighted by atomic mass is 14.9. The van der Waals surface area contributed by atoms with Gasteiger partial charge in [-0.2, -0.15) is 0 Å². The van der Waals surface area contributed by atoms with Gasteiger partial charge in [0.15, 0.2) is 0 Å². The molecule has 0 saturated carbocycles. The normalized spacial score (nSPS) is 10.4. The third kappa shape index (κ3) is 2.03. The van der Waals surface area contributed by atoms with Crippen LogP contribution in [0.5, 0.6) is 0 Å². The Labute approximate surface area is 95.7 Å². The number of nitrogens with one attached hydrogen (secondary N) is 2. The van der Waals surface area contributed by atoms with Crippen LogP contribution in [0.4, 0.5) is 17.1 Å². The van der Waals surface area contributed by atoms with Gasteiger partial charge in [0.2, 0.25) is 0 Å². The molecule has 0 bridgehead atoms. The van der Waals surface area contributed by atoms with Gasteiger partial charge in [-0.1, -0.05) is 13.0 Å². The van der Waals surface area contributed by atoms with Crippen molar-refractivity contribution in [1.29, 1.82) is 0 Å². The summed E-state index contributed by atoms with van der Waals surface area (Å²) in [6.07, 6.45) is 2.93. The number of aryl methyl sites for hydroxylation is 2. The Morgan fingerprint density at radius 1 is 1.31 bits per heavy atom. The summed E-state index contributed by atoms with van der Waals surface area (Å²) in [6.45, 7) is 4.13. The lowest BCUT2D eigenvalue weighted by molar-refractivity contribution is 1.06. The maximum absolute atomic E-state index is 5.87. The van der Waals surface area contributed by atoms with Gasteiger partial charge < -0.3 is 16.0 Å². The number of H-pyrrole nitrogens is 1. The van der Waals surface area contributed by atoms with Crippen LogP contribution in [0.3, 0.4) is 0 Å². The number of hydrogen-bond donors (Lipinski definition) is 3. The van der Waals surface area contributed by atoms with Gasteiger partial charge in [-0.25, -0.2) is 0 Å². The second kappa shape index (κ2) is 4.31. The van der Waals surface area contributed by atoms with Crippen molar-refractivity contribution in [3.05, 3.63) is 41.7 Å². The van der Waals surface area contributed by atoms with E-state index in [-0.39, 0.29) is 0 Å². The number of rotatable bonds is 3. The first-order chi connectivity index (χ1) is 7.70. The molecule has 4 N–H and O–H groups in total. The first-order valence-electron chi connectivity index (χ1n) is 5.50. The van der Waals surface area contributed by atoms with E-state index in [4.69, 9.17) is 5.73 Å². The van der Waals surface area contributed by atoms with Gasteiger partial charge in [-0.3, -0.25) is 0 Å². The lowest BCUT2D eigenvalue weighted by atomic mass is 10.2. The largest absolute Gasteiger partial charge is 0.398 e. The molecule has 0 radical (unpaired) electrons. The van der Waals surface area contributed by atoms with E-state index in [1.54, 1.807) is 0 Å². The summed E-state index contributed by atoms with van der Waals surface area (Å²) >= 11 is 0. The molecule has 0 aliphatic heterocycles. The molecule has 0 unspecified atom stereocenters. The Morgan fingerprint density at radius 2 is 2.12 bits per heavy atom. The Hall–Kier alpha value is -1.90. The molecule has 3 nitrogen and oxygen atoms in total. The van der Waals surface area contributed by atoms with Crippen molar-refractivity contribution < 1.29 is 0 Å². The van der Waals surface area contributed by atoms with Crippen LogP contribution in [0.2, 0.25) is 0 Å². The zero-order valence-corrected chi connectivity index (χ0v) is 9.67. The molecule has 1 heterocycles. The average molecular weight is 215 g/mol. The highest BCUT2D eigenvalue weighted by Crippen LogP contribution is 2.23. The maximum Gasteiger partial charge on any atom is 0.0594 e. The standard InChI is InChI=1S/C13H17N3/c1-3-12-13(6-7-15-12)16-10-5-4-9(2)11(14)8-10/h4-8,15-16H,3,14H2,1-2H3. The molecule has 1 aromatic heterocycles. The topological polar surface area (TPSA) is 53.8 Å². The summed E-state index contributed by atoms with van der Waals surface area (Å²) < 4.78 is 0. The van der Waals surface area contributed by atoms with E-state index in [0.29, 0.717) is 0 Å². The Bertz CT molecular complexity index is 486. The number of aromatic amines is 1. The highest BCUT2D eigenvalue weighted by Gasteiger charge is 2.02. The number of aromatic nitrogens is 1. The Balaban J connectivity index is 2.24. The number of benzene rings is 1. The molecule has 0 aliphatic rings. The summed E-state index contributed by atoms with van der Waals surface area (Å²) in [5, 5.41) is 3.36. The SMILES string of the molecule is CCc1[nH]ccc1Nc1ccc(C)c(N)c1. The molecule has 2 rings (SSSR count). The number of nitrogen functional groups attached to an aromatic ring is 1. The molecule has 0 spiro atoms. The predicted octanol–water partition coefficient (Wildman–Crippen LogP) is 3.21. The van der Waals surface area contributed by atoms with Crippen molar-refractivity contribution in [2.24, 2.45) is 0 Å². The van der Waals surface area contributed by atoms with Crippen LogP contribution in [0, 0.1) is 6.92 Å². The maximum atomic E-state index is 5.87. The van der Waals surface area contributed by atoms with Crippen LogP contribution >= 0.6 is 0 Å². The molecule has 0 amide bonds. The van der Waals surface area contributed by atoms with Gasteiger partial charge in [-0.05, 0) is 37.1 Å². The average Bonchev–Trinajstić information content (AvgIpc) is 2.71. The van der Waals surface area contributed by atoms with Gasteiger partial charge in [0.1, 0.15) is 0 Å². The molecule has 0 atom stereocenters. The monoisotopic (exact) mass is 215 g/mol. The quantitative estimate of drug-likeness (QED) is 0.688. The van der Waals surface area contributed by atoms with Crippen LogP contribution < -0.4 is 11.1 Å². The zero-order valence-electron chi connectivity index (χ0n) is 9.67. The van der Waals surface area contributed by atoms with Crippen LogP contribution in [0.15, 0.2) is 30.5 Å². The molecule has 3 heteroatoms. The fraction of sp³-hybridized carbons (Fsp3) is 0.231. The van der Waals surface area contributed by atoms with Crippen molar-refractivity contribution in [2.75, 3.05) is 11.1 Å². The minimum atomic E-state index is 0.818. The van der Waals surface area contributed by atoms with Crippen LogP contribution in [0.25, 0.3) is 0 Å². The van der Waals surface area contributed by atoms with Gasteiger partial charge in [0.25, 0.3) is 0 Å². The smallest absolute Gasteiger partial charge is 0.0594 e. The van der Waals surface area contributed by atoms with Crippen molar-refractivity contribution in [1.82, 2.24) is 4.98 Å². The van der Waals surface area contributed by atoms with E-state index in [1.165, 1.54) is 5.69 Å². The molecule has 16 heavy (non-hydrogen) atoms. The molecule has 0 fully saturated rings. The molecule has 1 aromatic carbocycles. The first-order valence-corrected chi connectivity index (χ1v) is 5.50. The summed E-state index contributed by atoms with van der Waals surface area (Å²) in [7, 11) is 0. The van der Waals surface area contributed by atoms with Crippen molar-refractivity contribution in [3.8, 4) is 0 Å². The fourth-order valence-electron chi connectivity index (χ4n) is 1.69. The van der Waals surface area contributed by atoms with Crippen LogP contribution in [0.1, 0.15) is 18.2 Å². The summed E-state index contributed by atoms with van der Waals surface area (Å²) in [6, 6.07) is 8.06. The van der Waals surface area contributed by atoms with E-state index < -0.39 is 0 Å². The van der Waals surface area contributed by atoms with E-state index >= 15 is 0 Å². The molecule has 2 aromatic rings. The molecular formula is C13H17N3. The fourth-order valence-corrected chi connectivity index (χ4v) is 1.69. The Kier molecular flexibility index (Phi) is 2.86. The third-order valence-corrected chi connectivity index (χ3v) is 2.74. The van der Waals surface area contributed by atoms with E-state index in [1.807, 2.05) is 37.4 Å². The van der Waals surface area contributed by atoms with Crippen LogP contribution in [-0.4, -0.2) is 4.98 Å². The van der Waals surface area contributed by atoms with Gasteiger partial charge in [0.05, 0.1) is 5.69 Å². The van der Waals surface area contributed by atoms with E-state index in [9.17, 15) is 0 Å². The highest BCUT2D eigenvalue weighted by molar-refractivity contribution is 5.66. The minimum Gasteiger partial charge on any atom is -0.398 e. The summed E-state index contributed by atoms with van der Waals surface area (Å²) in [5.74, 6) is 0. The zero-order chi connectivity index (χ0) is 11.5. The molecule has 84 valence electrons. The minimum absolute atomic E-state index is 0.818. The molecule has 0 aliphatic carbocycles. The summed E-state index contributed by atoms with van der Waals surface area (Å²) in [5.41, 5.74) is 11.1. The first kappa shape index (κ1) is 10.6. The second-order valence-corrected chi connectivity index (χ2v) is 3.92. The lowest BCUT2D eigenvalue weighted by Crippen LogP contribution is -1.95.